The second-order valence-corrected chi connectivity index (χ2v) is 8.16. The molecule has 1 aromatic heterocycles. The normalized spacial score (nSPS) is 15.4. The molecule has 4 rings (SSSR count). The van der Waals surface area contributed by atoms with Gasteiger partial charge in [-0.2, -0.15) is 5.10 Å². The summed E-state index contributed by atoms with van der Waals surface area (Å²) in [5, 5.41) is 18.2. The molecule has 3 aromatic rings. The third kappa shape index (κ3) is 3.67. The Morgan fingerprint density at radius 2 is 1.97 bits per heavy atom. The Kier molecular flexibility index (Phi) is 5.72. The van der Waals surface area contributed by atoms with Crippen molar-refractivity contribution in [2.45, 2.75) is 46.6 Å². The monoisotopic (exact) mass is 419 g/mol. The number of phenols is 1. The zero-order chi connectivity index (χ0) is 22.1. The summed E-state index contributed by atoms with van der Waals surface area (Å²) in [5.74, 6) is 0.896. The molecule has 1 amide bonds. The minimum Gasteiger partial charge on any atom is -0.507 e. The zero-order valence-corrected chi connectivity index (χ0v) is 18.5. The van der Waals surface area contributed by atoms with E-state index in [1.165, 1.54) is 0 Å². The van der Waals surface area contributed by atoms with Gasteiger partial charge in [-0.3, -0.25) is 9.89 Å². The standard InChI is InChI=1S/C25H29N3O3/c1-5-10-28-24(17-8-7-9-18(14-17)31-11-6-2)21-22(26-27-23(21)25(28)30)20-16(4)12-15(3)13-19(20)29/h7-9,12-14,24,29H,5-6,10-11H2,1-4H3,(H,26,27). The fourth-order valence-corrected chi connectivity index (χ4v) is 4.45. The Balaban J connectivity index is 1.88. The number of ether oxygens (including phenoxy) is 1. The molecule has 0 aliphatic carbocycles. The van der Waals surface area contributed by atoms with Crippen LogP contribution < -0.4 is 4.74 Å². The van der Waals surface area contributed by atoms with Crippen LogP contribution in [-0.4, -0.2) is 39.3 Å². The minimum atomic E-state index is -0.290. The van der Waals surface area contributed by atoms with Gasteiger partial charge in [0.1, 0.15) is 22.9 Å². The summed E-state index contributed by atoms with van der Waals surface area (Å²) >= 11 is 0. The molecular formula is C25H29N3O3. The molecule has 0 spiro atoms. The molecule has 0 bridgehead atoms. The van der Waals surface area contributed by atoms with E-state index in [2.05, 4.69) is 24.0 Å². The van der Waals surface area contributed by atoms with Crippen LogP contribution in [0.2, 0.25) is 0 Å². The molecule has 2 aromatic carbocycles. The predicted molar refractivity (Wildman–Crippen MR) is 121 cm³/mol. The molecule has 1 unspecified atom stereocenters. The highest BCUT2D eigenvalue weighted by Crippen LogP contribution is 2.46. The first-order valence-corrected chi connectivity index (χ1v) is 10.9. The first kappa shape index (κ1) is 21.0. The van der Waals surface area contributed by atoms with E-state index in [4.69, 9.17) is 4.74 Å². The van der Waals surface area contributed by atoms with Crippen molar-refractivity contribution >= 4 is 5.91 Å². The van der Waals surface area contributed by atoms with Crippen LogP contribution in [0, 0.1) is 13.8 Å². The first-order chi connectivity index (χ1) is 15.0. The third-order valence-corrected chi connectivity index (χ3v) is 5.67. The fraction of sp³-hybridized carbons (Fsp3) is 0.360. The van der Waals surface area contributed by atoms with Crippen molar-refractivity contribution < 1.29 is 14.6 Å². The van der Waals surface area contributed by atoms with Crippen molar-refractivity contribution in [1.29, 1.82) is 0 Å². The highest BCUT2D eigenvalue weighted by Gasteiger charge is 2.42. The van der Waals surface area contributed by atoms with Gasteiger partial charge in [0.15, 0.2) is 0 Å². The smallest absolute Gasteiger partial charge is 0.273 e. The Morgan fingerprint density at radius 3 is 2.68 bits per heavy atom. The van der Waals surface area contributed by atoms with Crippen LogP contribution in [0.25, 0.3) is 11.3 Å². The number of carbonyl (C=O) groups is 1. The lowest BCUT2D eigenvalue weighted by Gasteiger charge is -2.26. The van der Waals surface area contributed by atoms with E-state index in [1.807, 2.05) is 49.1 Å². The number of hydrogen-bond donors (Lipinski definition) is 2. The molecule has 6 heteroatoms. The number of carbonyl (C=O) groups excluding carboxylic acids is 1. The summed E-state index contributed by atoms with van der Waals surface area (Å²) < 4.78 is 5.85. The maximum absolute atomic E-state index is 13.3. The maximum Gasteiger partial charge on any atom is 0.273 e. The lowest BCUT2D eigenvalue weighted by Crippen LogP contribution is -2.30. The number of hydrogen-bond acceptors (Lipinski definition) is 4. The van der Waals surface area contributed by atoms with Crippen LogP contribution >= 0.6 is 0 Å². The van der Waals surface area contributed by atoms with Gasteiger partial charge in [0, 0.05) is 17.7 Å². The van der Waals surface area contributed by atoms with Gasteiger partial charge in [-0.15, -0.1) is 0 Å². The molecule has 0 fully saturated rings. The van der Waals surface area contributed by atoms with Crippen LogP contribution in [-0.2, 0) is 0 Å². The molecule has 2 heterocycles. The molecule has 1 aliphatic rings. The van der Waals surface area contributed by atoms with Gasteiger partial charge < -0.3 is 14.7 Å². The van der Waals surface area contributed by atoms with Crippen LogP contribution in [0.1, 0.15) is 65.5 Å². The number of nitrogens with zero attached hydrogens (tertiary/aromatic N) is 2. The van der Waals surface area contributed by atoms with Crippen molar-refractivity contribution in [2.75, 3.05) is 13.2 Å². The number of aromatic hydroxyl groups is 1. The minimum absolute atomic E-state index is 0.0651. The maximum atomic E-state index is 13.3. The number of amides is 1. The Morgan fingerprint density at radius 1 is 1.16 bits per heavy atom. The van der Waals surface area contributed by atoms with Crippen LogP contribution in [0.4, 0.5) is 0 Å². The summed E-state index contributed by atoms with van der Waals surface area (Å²) in [6, 6.07) is 11.4. The zero-order valence-electron chi connectivity index (χ0n) is 18.5. The van der Waals surface area contributed by atoms with Gasteiger partial charge in [0.25, 0.3) is 5.91 Å². The lowest BCUT2D eigenvalue weighted by molar-refractivity contribution is 0.0743. The predicted octanol–water partition coefficient (Wildman–Crippen LogP) is 5.14. The number of phenolic OH excluding ortho intramolecular Hbond substituents is 1. The second-order valence-electron chi connectivity index (χ2n) is 8.16. The number of benzene rings is 2. The lowest BCUT2D eigenvalue weighted by atomic mass is 9.93. The molecule has 0 radical (unpaired) electrons. The second kappa shape index (κ2) is 8.46. The van der Waals surface area contributed by atoms with E-state index in [1.54, 1.807) is 6.07 Å². The number of nitrogens with one attached hydrogen (secondary N) is 1. The van der Waals surface area contributed by atoms with Gasteiger partial charge in [-0.1, -0.05) is 32.0 Å². The average molecular weight is 420 g/mol. The average Bonchev–Trinajstić information content (AvgIpc) is 3.26. The molecule has 2 N–H and O–H groups in total. The van der Waals surface area contributed by atoms with Crippen LogP contribution in [0.15, 0.2) is 36.4 Å². The van der Waals surface area contributed by atoms with E-state index in [9.17, 15) is 9.90 Å². The molecular weight excluding hydrogens is 390 g/mol. The molecule has 1 aliphatic heterocycles. The van der Waals surface area contributed by atoms with Crippen molar-refractivity contribution in [3.8, 4) is 22.8 Å². The van der Waals surface area contributed by atoms with E-state index < -0.39 is 0 Å². The highest BCUT2D eigenvalue weighted by atomic mass is 16.5. The first-order valence-electron chi connectivity index (χ1n) is 10.9. The van der Waals surface area contributed by atoms with Gasteiger partial charge in [-0.25, -0.2) is 0 Å². The van der Waals surface area contributed by atoms with E-state index >= 15 is 0 Å². The molecule has 0 saturated heterocycles. The third-order valence-electron chi connectivity index (χ3n) is 5.67. The van der Waals surface area contributed by atoms with Crippen molar-refractivity contribution in [1.82, 2.24) is 15.1 Å². The molecule has 0 saturated carbocycles. The number of rotatable bonds is 7. The molecule has 1 atom stereocenters. The van der Waals surface area contributed by atoms with E-state index in [0.29, 0.717) is 30.1 Å². The number of aromatic nitrogens is 2. The quantitative estimate of drug-likeness (QED) is 0.556. The summed E-state index contributed by atoms with van der Waals surface area (Å²) in [6.45, 7) is 9.31. The number of aryl methyl sites for hydroxylation is 2. The number of fused-ring (bicyclic) bond motifs is 1. The van der Waals surface area contributed by atoms with Crippen LogP contribution in [0.5, 0.6) is 11.5 Å². The van der Waals surface area contributed by atoms with Gasteiger partial charge >= 0.3 is 0 Å². The fourth-order valence-electron chi connectivity index (χ4n) is 4.45. The van der Waals surface area contributed by atoms with Crippen molar-refractivity contribution in [3.05, 3.63) is 64.3 Å². The van der Waals surface area contributed by atoms with Gasteiger partial charge in [0.2, 0.25) is 0 Å². The topological polar surface area (TPSA) is 78.5 Å². The number of aromatic amines is 1. The number of H-pyrrole nitrogens is 1. The van der Waals surface area contributed by atoms with Crippen LogP contribution in [0.3, 0.4) is 0 Å². The largest absolute Gasteiger partial charge is 0.507 e. The summed E-state index contributed by atoms with van der Waals surface area (Å²) in [7, 11) is 0. The molecule has 6 nitrogen and oxygen atoms in total. The van der Waals surface area contributed by atoms with E-state index in [-0.39, 0.29) is 17.7 Å². The van der Waals surface area contributed by atoms with Gasteiger partial charge in [-0.05, 0) is 61.6 Å². The Bertz CT molecular complexity index is 1100. The van der Waals surface area contributed by atoms with Gasteiger partial charge in [0.05, 0.1) is 12.6 Å². The van der Waals surface area contributed by atoms with Crippen molar-refractivity contribution in [2.24, 2.45) is 0 Å². The highest BCUT2D eigenvalue weighted by molar-refractivity contribution is 6.00. The summed E-state index contributed by atoms with van der Waals surface area (Å²) in [6.07, 6.45) is 1.77. The Hall–Kier alpha value is -3.28. The summed E-state index contributed by atoms with van der Waals surface area (Å²) in [4.78, 5) is 15.1. The Labute approximate surface area is 182 Å². The van der Waals surface area contributed by atoms with Crippen molar-refractivity contribution in [3.63, 3.8) is 0 Å². The summed E-state index contributed by atoms with van der Waals surface area (Å²) in [5.41, 5.74) is 5.47. The molecule has 31 heavy (non-hydrogen) atoms. The van der Waals surface area contributed by atoms with E-state index in [0.717, 1.165) is 40.8 Å². The SMILES string of the molecule is CCCOc1cccc(C2c3c(-c4c(C)cc(C)cc4O)n[nH]c3C(=O)N2CCC)c1. The molecule has 162 valence electrons.